The van der Waals surface area contributed by atoms with Crippen molar-refractivity contribution < 1.29 is 9.90 Å². The molecule has 1 fully saturated rings. The molecule has 2 heterocycles. The lowest BCUT2D eigenvalue weighted by molar-refractivity contribution is 0.0695. The van der Waals surface area contributed by atoms with Crippen molar-refractivity contribution >= 4 is 11.9 Å². The highest BCUT2D eigenvalue weighted by Gasteiger charge is 2.32. The second-order valence-electron chi connectivity index (χ2n) is 5.67. The molecule has 1 N–H and O–H groups in total. The van der Waals surface area contributed by atoms with Gasteiger partial charge in [0.1, 0.15) is 0 Å². The molecule has 2 rings (SSSR count). The second-order valence-corrected chi connectivity index (χ2v) is 5.67. The number of aryl methyl sites for hydroxylation is 1. The number of carbonyl (C=O) groups is 1. The number of aromatic carboxylic acids is 1. The van der Waals surface area contributed by atoms with E-state index in [1.54, 1.807) is 6.92 Å². The monoisotopic (exact) mass is 277 g/mol. The minimum absolute atomic E-state index is 0.183. The predicted octanol–water partition coefficient (Wildman–Crippen LogP) is 2.89. The Morgan fingerprint density at radius 3 is 2.40 bits per heavy atom. The van der Waals surface area contributed by atoms with E-state index in [0.29, 0.717) is 17.1 Å². The third-order valence-corrected chi connectivity index (χ3v) is 4.80. The lowest BCUT2D eigenvalue weighted by Gasteiger charge is -2.41. The standard InChI is InChI=1S/C15H23N3O2/c1-4-15(5-2)6-8-18(9-7-15)14-16-10-12(13(19)20)11(3)17-14/h10H,4-9H2,1-3H3,(H,19,20). The van der Waals surface area contributed by atoms with E-state index in [9.17, 15) is 4.79 Å². The van der Waals surface area contributed by atoms with Crippen molar-refractivity contribution in [3.63, 3.8) is 0 Å². The van der Waals surface area contributed by atoms with Crippen molar-refractivity contribution in [2.75, 3.05) is 18.0 Å². The maximum absolute atomic E-state index is 11.0. The van der Waals surface area contributed by atoms with Crippen LogP contribution in [0.2, 0.25) is 0 Å². The van der Waals surface area contributed by atoms with Gasteiger partial charge in [-0.25, -0.2) is 14.8 Å². The molecular weight excluding hydrogens is 254 g/mol. The minimum atomic E-state index is -0.969. The van der Waals surface area contributed by atoms with E-state index in [-0.39, 0.29) is 5.56 Å². The first kappa shape index (κ1) is 14.8. The van der Waals surface area contributed by atoms with Gasteiger partial charge in [-0.3, -0.25) is 0 Å². The van der Waals surface area contributed by atoms with Gasteiger partial charge in [-0.05, 0) is 25.2 Å². The summed E-state index contributed by atoms with van der Waals surface area (Å²) < 4.78 is 0. The van der Waals surface area contributed by atoms with Crippen LogP contribution in [0, 0.1) is 12.3 Å². The van der Waals surface area contributed by atoms with E-state index in [1.165, 1.54) is 19.0 Å². The largest absolute Gasteiger partial charge is 0.478 e. The summed E-state index contributed by atoms with van der Waals surface area (Å²) in [6.45, 7) is 8.16. The zero-order valence-corrected chi connectivity index (χ0v) is 12.5. The molecule has 1 aliphatic rings. The van der Waals surface area contributed by atoms with Crippen LogP contribution in [0.1, 0.15) is 55.6 Å². The van der Waals surface area contributed by atoms with Gasteiger partial charge >= 0.3 is 5.97 Å². The first-order chi connectivity index (χ1) is 9.51. The van der Waals surface area contributed by atoms with Gasteiger partial charge in [0.25, 0.3) is 0 Å². The van der Waals surface area contributed by atoms with Gasteiger partial charge in [0.15, 0.2) is 0 Å². The molecule has 0 atom stereocenters. The molecule has 0 saturated carbocycles. The van der Waals surface area contributed by atoms with Crippen molar-refractivity contribution in [2.24, 2.45) is 5.41 Å². The Hall–Kier alpha value is -1.65. The van der Waals surface area contributed by atoms with Crippen molar-refractivity contribution in [2.45, 2.75) is 46.5 Å². The van der Waals surface area contributed by atoms with Crippen LogP contribution < -0.4 is 4.90 Å². The van der Waals surface area contributed by atoms with Gasteiger partial charge in [-0.1, -0.05) is 26.7 Å². The molecule has 0 aromatic carbocycles. The normalized spacial score (nSPS) is 18.1. The number of hydrogen-bond acceptors (Lipinski definition) is 4. The zero-order chi connectivity index (χ0) is 14.8. The van der Waals surface area contributed by atoms with Gasteiger partial charge in [0.2, 0.25) is 5.95 Å². The van der Waals surface area contributed by atoms with Crippen LogP contribution in [0.4, 0.5) is 5.95 Å². The maximum Gasteiger partial charge on any atom is 0.339 e. The number of rotatable bonds is 4. The molecule has 110 valence electrons. The summed E-state index contributed by atoms with van der Waals surface area (Å²) in [5, 5.41) is 9.01. The first-order valence-corrected chi connectivity index (χ1v) is 7.33. The smallest absolute Gasteiger partial charge is 0.339 e. The average Bonchev–Trinajstić information content (AvgIpc) is 2.47. The van der Waals surface area contributed by atoms with Crippen molar-refractivity contribution in [3.8, 4) is 0 Å². The number of carboxylic acid groups (broad SMARTS) is 1. The molecule has 0 bridgehead atoms. The fourth-order valence-corrected chi connectivity index (χ4v) is 2.96. The highest BCUT2D eigenvalue weighted by atomic mass is 16.4. The SMILES string of the molecule is CCC1(CC)CCN(c2ncc(C(=O)O)c(C)n2)CC1. The molecule has 1 aliphatic heterocycles. The van der Waals surface area contributed by atoms with Gasteiger partial charge in [0, 0.05) is 19.3 Å². The van der Waals surface area contributed by atoms with Gasteiger partial charge < -0.3 is 10.0 Å². The highest BCUT2D eigenvalue weighted by Crippen LogP contribution is 2.38. The number of aromatic nitrogens is 2. The maximum atomic E-state index is 11.0. The fourth-order valence-electron chi connectivity index (χ4n) is 2.96. The lowest BCUT2D eigenvalue weighted by Crippen LogP contribution is -2.40. The quantitative estimate of drug-likeness (QED) is 0.916. The van der Waals surface area contributed by atoms with Crippen molar-refractivity contribution in [3.05, 3.63) is 17.5 Å². The molecule has 5 nitrogen and oxygen atoms in total. The summed E-state index contributed by atoms with van der Waals surface area (Å²) in [4.78, 5) is 21.7. The van der Waals surface area contributed by atoms with Crippen LogP contribution in [0.25, 0.3) is 0 Å². The fraction of sp³-hybridized carbons (Fsp3) is 0.667. The summed E-state index contributed by atoms with van der Waals surface area (Å²) in [7, 11) is 0. The number of carboxylic acids is 1. The summed E-state index contributed by atoms with van der Waals surface area (Å²) >= 11 is 0. The average molecular weight is 277 g/mol. The Bertz CT molecular complexity index is 488. The van der Waals surface area contributed by atoms with Crippen LogP contribution in [0.3, 0.4) is 0 Å². The van der Waals surface area contributed by atoms with Gasteiger partial charge in [0.05, 0.1) is 11.3 Å². The number of anilines is 1. The summed E-state index contributed by atoms with van der Waals surface area (Å²) in [6, 6.07) is 0. The van der Waals surface area contributed by atoms with Crippen molar-refractivity contribution in [1.29, 1.82) is 0 Å². The summed E-state index contributed by atoms with van der Waals surface area (Å²) in [5.41, 5.74) is 1.18. The summed E-state index contributed by atoms with van der Waals surface area (Å²) in [6.07, 6.45) is 6.16. The third kappa shape index (κ3) is 2.76. The van der Waals surface area contributed by atoms with Crippen LogP contribution in [-0.2, 0) is 0 Å². The van der Waals surface area contributed by atoms with Crippen LogP contribution in [-0.4, -0.2) is 34.1 Å². The molecule has 5 heteroatoms. The van der Waals surface area contributed by atoms with E-state index in [2.05, 4.69) is 28.7 Å². The molecular formula is C15H23N3O2. The Balaban J connectivity index is 2.11. The molecule has 1 aromatic heterocycles. The Morgan fingerprint density at radius 1 is 1.35 bits per heavy atom. The number of nitrogens with zero attached hydrogens (tertiary/aromatic N) is 3. The topological polar surface area (TPSA) is 66.3 Å². The highest BCUT2D eigenvalue weighted by molar-refractivity contribution is 5.88. The molecule has 0 spiro atoms. The second kappa shape index (κ2) is 5.77. The number of hydrogen-bond donors (Lipinski definition) is 1. The Labute approximate surface area is 120 Å². The molecule has 0 unspecified atom stereocenters. The van der Waals surface area contributed by atoms with E-state index in [0.717, 1.165) is 25.9 Å². The Morgan fingerprint density at radius 2 is 1.95 bits per heavy atom. The lowest BCUT2D eigenvalue weighted by atomic mass is 9.74. The van der Waals surface area contributed by atoms with Crippen LogP contribution in [0.5, 0.6) is 0 Å². The van der Waals surface area contributed by atoms with Crippen molar-refractivity contribution in [1.82, 2.24) is 9.97 Å². The first-order valence-electron chi connectivity index (χ1n) is 7.33. The van der Waals surface area contributed by atoms with Crippen LogP contribution >= 0.6 is 0 Å². The third-order valence-electron chi connectivity index (χ3n) is 4.80. The van der Waals surface area contributed by atoms with E-state index in [1.807, 2.05) is 0 Å². The molecule has 0 radical (unpaired) electrons. The minimum Gasteiger partial charge on any atom is -0.478 e. The number of piperidine rings is 1. The van der Waals surface area contributed by atoms with Gasteiger partial charge in [-0.15, -0.1) is 0 Å². The molecule has 0 amide bonds. The van der Waals surface area contributed by atoms with Crippen LogP contribution in [0.15, 0.2) is 6.20 Å². The Kier molecular flexibility index (Phi) is 4.26. The summed E-state index contributed by atoms with van der Waals surface area (Å²) in [5.74, 6) is -0.308. The van der Waals surface area contributed by atoms with E-state index in [4.69, 9.17) is 5.11 Å². The molecule has 1 aromatic rings. The van der Waals surface area contributed by atoms with E-state index < -0.39 is 5.97 Å². The van der Waals surface area contributed by atoms with Gasteiger partial charge in [-0.2, -0.15) is 0 Å². The zero-order valence-electron chi connectivity index (χ0n) is 12.5. The van der Waals surface area contributed by atoms with E-state index >= 15 is 0 Å². The molecule has 20 heavy (non-hydrogen) atoms. The molecule has 1 saturated heterocycles. The molecule has 0 aliphatic carbocycles. The predicted molar refractivity (Wildman–Crippen MR) is 78.2 cm³/mol.